The molecule has 5 rings (SSSR count). The number of carbonyl (C=O) groups excluding carboxylic acids is 1. The molecule has 30 heavy (non-hydrogen) atoms. The van der Waals surface area contributed by atoms with Gasteiger partial charge in [0.1, 0.15) is 11.4 Å². The van der Waals surface area contributed by atoms with Crippen LogP contribution in [0.15, 0.2) is 15.9 Å². The highest BCUT2D eigenvalue weighted by atomic mass is 32.2. The van der Waals surface area contributed by atoms with Gasteiger partial charge in [-0.25, -0.2) is 14.6 Å². The highest BCUT2D eigenvalue weighted by Crippen LogP contribution is 2.40. The quantitative estimate of drug-likeness (QED) is 0.733. The molecule has 2 fully saturated rings. The van der Waals surface area contributed by atoms with Gasteiger partial charge in [0.15, 0.2) is 0 Å². The first-order valence-electron chi connectivity index (χ1n) is 10.2. The molecule has 0 aromatic carbocycles. The molecule has 2 bridgehead atoms. The standard InChI is InChI=1S/C20H25N5O4S/c1-20(2,3)29-19(28)25-11-4-5-12(25)10-23(9-11)16-13-8-21-17(26)15-14(13)24(6-7-30-15)18(27)22-16/h8,11-12H,4-7,9-10H2,1-3H3,(H,21,26). The third-order valence-electron chi connectivity index (χ3n) is 5.88. The van der Waals surface area contributed by atoms with E-state index in [-0.39, 0.29) is 29.7 Å². The Hall–Kier alpha value is -2.49. The molecule has 0 saturated carbocycles. The van der Waals surface area contributed by atoms with E-state index in [9.17, 15) is 14.7 Å². The van der Waals surface area contributed by atoms with Crippen molar-refractivity contribution >= 4 is 34.6 Å². The molecular weight excluding hydrogens is 406 g/mol. The van der Waals surface area contributed by atoms with Crippen molar-refractivity contribution in [2.24, 2.45) is 0 Å². The van der Waals surface area contributed by atoms with Crippen LogP contribution in [0.2, 0.25) is 0 Å². The summed E-state index contributed by atoms with van der Waals surface area (Å²) in [4.78, 5) is 38.6. The largest absolute Gasteiger partial charge is 0.492 e. The lowest BCUT2D eigenvalue weighted by Crippen LogP contribution is -2.57. The minimum Gasteiger partial charge on any atom is -0.492 e. The second kappa shape index (κ2) is 6.76. The van der Waals surface area contributed by atoms with Crippen LogP contribution < -0.4 is 10.6 Å². The van der Waals surface area contributed by atoms with Crippen LogP contribution in [0.4, 0.5) is 10.6 Å². The number of pyridine rings is 1. The van der Waals surface area contributed by atoms with Crippen molar-refractivity contribution < 1.29 is 14.6 Å². The number of ether oxygens (including phenoxy) is 1. The van der Waals surface area contributed by atoms with Crippen molar-refractivity contribution in [3.05, 3.63) is 16.7 Å². The number of rotatable bonds is 1. The van der Waals surface area contributed by atoms with Gasteiger partial charge in [-0.3, -0.25) is 9.47 Å². The lowest BCUT2D eigenvalue weighted by Gasteiger charge is -2.42. The zero-order valence-electron chi connectivity index (χ0n) is 17.3. The maximum Gasteiger partial charge on any atom is 0.410 e. The van der Waals surface area contributed by atoms with E-state index in [1.807, 2.05) is 25.7 Å². The maximum atomic E-state index is 12.8. The smallest absolute Gasteiger partial charge is 0.410 e. The number of hydrogen-bond acceptors (Lipinski definition) is 8. The molecule has 5 heterocycles. The summed E-state index contributed by atoms with van der Waals surface area (Å²) in [5.74, 6) is 1.23. The Labute approximate surface area is 178 Å². The Bertz CT molecular complexity index is 1080. The van der Waals surface area contributed by atoms with Gasteiger partial charge in [-0.1, -0.05) is 0 Å². The van der Waals surface area contributed by atoms with E-state index < -0.39 is 5.60 Å². The maximum absolute atomic E-state index is 12.8. The molecule has 0 radical (unpaired) electrons. The SMILES string of the molecule is CC(C)(C)OC(=O)N1C2CCC1CN(c1nc(=O)n3c4c(c(O)ncc14)SCC3)C2. The molecule has 2 atom stereocenters. The number of anilines is 1. The predicted molar refractivity (Wildman–Crippen MR) is 113 cm³/mol. The molecule has 2 aromatic heterocycles. The Kier molecular flexibility index (Phi) is 4.39. The zero-order chi connectivity index (χ0) is 21.2. The molecule has 160 valence electrons. The van der Waals surface area contributed by atoms with Crippen molar-refractivity contribution in [2.75, 3.05) is 23.7 Å². The van der Waals surface area contributed by atoms with Crippen LogP contribution in [0, 0.1) is 0 Å². The van der Waals surface area contributed by atoms with Gasteiger partial charge >= 0.3 is 11.8 Å². The van der Waals surface area contributed by atoms with Gasteiger partial charge in [0.2, 0.25) is 5.88 Å². The molecule has 9 nitrogen and oxygen atoms in total. The van der Waals surface area contributed by atoms with Gasteiger partial charge in [-0.05, 0) is 33.6 Å². The predicted octanol–water partition coefficient (Wildman–Crippen LogP) is 2.19. The minimum absolute atomic E-state index is 0.0182. The molecule has 2 saturated heterocycles. The molecule has 0 aliphatic carbocycles. The van der Waals surface area contributed by atoms with Crippen molar-refractivity contribution in [1.82, 2.24) is 19.4 Å². The summed E-state index contributed by atoms with van der Waals surface area (Å²) < 4.78 is 7.24. The van der Waals surface area contributed by atoms with Crippen LogP contribution in [-0.2, 0) is 11.3 Å². The molecule has 2 unspecified atom stereocenters. The number of nitrogens with zero attached hydrogens (tertiary/aromatic N) is 5. The Morgan fingerprint density at radius 3 is 2.63 bits per heavy atom. The molecule has 3 aliphatic rings. The fourth-order valence-corrected chi connectivity index (χ4v) is 5.74. The zero-order valence-corrected chi connectivity index (χ0v) is 18.1. The van der Waals surface area contributed by atoms with E-state index in [1.54, 1.807) is 10.8 Å². The van der Waals surface area contributed by atoms with Crippen LogP contribution in [0.1, 0.15) is 33.6 Å². The highest BCUT2D eigenvalue weighted by Gasteiger charge is 2.45. The van der Waals surface area contributed by atoms with Crippen LogP contribution >= 0.6 is 11.8 Å². The molecule has 10 heteroatoms. The summed E-state index contributed by atoms with van der Waals surface area (Å²) in [7, 11) is 0. The summed E-state index contributed by atoms with van der Waals surface area (Å²) in [5.41, 5.74) is -0.145. The highest BCUT2D eigenvalue weighted by molar-refractivity contribution is 7.99. The monoisotopic (exact) mass is 431 g/mol. The molecule has 2 aromatic rings. The van der Waals surface area contributed by atoms with Gasteiger partial charge in [0.25, 0.3) is 0 Å². The number of amides is 1. The fraction of sp³-hybridized carbons (Fsp3) is 0.600. The van der Waals surface area contributed by atoms with Gasteiger partial charge in [0.05, 0.1) is 27.9 Å². The number of thioether (sulfide) groups is 1. The second-order valence-corrected chi connectivity index (χ2v) is 10.2. The van der Waals surface area contributed by atoms with E-state index in [4.69, 9.17) is 4.74 Å². The van der Waals surface area contributed by atoms with Gasteiger partial charge in [-0.15, -0.1) is 11.8 Å². The van der Waals surface area contributed by atoms with E-state index in [0.717, 1.165) is 18.2 Å². The van der Waals surface area contributed by atoms with Crippen molar-refractivity contribution in [3.63, 3.8) is 0 Å². The van der Waals surface area contributed by atoms with E-state index >= 15 is 0 Å². The van der Waals surface area contributed by atoms with Crippen LogP contribution in [0.3, 0.4) is 0 Å². The van der Waals surface area contributed by atoms with Gasteiger partial charge < -0.3 is 14.7 Å². The van der Waals surface area contributed by atoms with Crippen LogP contribution in [0.5, 0.6) is 5.88 Å². The lowest BCUT2D eigenvalue weighted by molar-refractivity contribution is 0.0123. The number of carbonyl (C=O) groups is 1. The Balaban J connectivity index is 1.51. The number of hydrogen-bond donors (Lipinski definition) is 1. The van der Waals surface area contributed by atoms with Crippen LogP contribution in [0.25, 0.3) is 10.9 Å². The van der Waals surface area contributed by atoms with E-state index in [0.29, 0.717) is 41.6 Å². The third-order valence-corrected chi connectivity index (χ3v) is 6.93. The molecule has 1 N–H and O–H groups in total. The Morgan fingerprint density at radius 1 is 1.27 bits per heavy atom. The molecule has 3 aliphatic heterocycles. The first kappa shape index (κ1) is 19.5. The van der Waals surface area contributed by atoms with Gasteiger partial charge in [0, 0.05) is 31.6 Å². The second-order valence-electron chi connectivity index (χ2n) is 9.07. The summed E-state index contributed by atoms with van der Waals surface area (Å²) in [6.07, 6.45) is 3.12. The summed E-state index contributed by atoms with van der Waals surface area (Å²) in [5, 5.41) is 11.0. The van der Waals surface area contributed by atoms with Crippen molar-refractivity contribution in [1.29, 1.82) is 0 Å². The van der Waals surface area contributed by atoms with E-state index in [1.165, 1.54) is 11.8 Å². The Morgan fingerprint density at radius 2 is 1.97 bits per heavy atom. The number of aryl methyl sites for hydroxylation is 1. The fourth-order valence-electron chi connectivity index (χ4n) is 4.72. The summed E-state index contributed by atoms with van der Waals surface area (Å²) >= 11 is 1.51. The summed E-state index contributed by atoms with van der Waals surface area (Å²) in [6.45, 7) is 7.35. The minimum atomic E-state index is -0.536. The van der Waals surface area contributed by atoms with Gasteiger partial charge in [-0.2, -0.15) is 4.98 Å². The summed E-state index contributed by atoms with van der Waals surface area (Å²) in [6, 6.07) is 0.0365. The number of piperazine rings is 1. The average Bonchev–Trinajstić information content (AvgIpc) is 2.95. The lowest BCUT2D eigenvalue weighted by atomic mass is 10.1. The number of aromatic nitrogens is 3. The third kappa shape index (κ3) is 3.08. The first-order chi connectivity index (χ1) is 14.2. The normalized spacial score (nSPS) is 23.2. The molecule has 0 spiro atoms. The average molecular weight is 432 g/mol. The first-order valence-corrected chi connectivity index (χ1v) is 11.2. The topological polar surface area (TPSA) is 101 Å². The van der Waals surface area contributed by atoms with Crippen molar-refractivity contribution in [3.8, 4) is 5.88 Å². The van der Waals surface area contributed by atoms with Crippen LogP contribution in [-0.4, -0.2) is 67.2 Å². The number of fused-ring (bicyclic) bond motifs is 2. The number of aromatic hydroxyl groups is 1. The molecular formula is C20H25N5O4S. The van der Waals surface area contributed by atoms with E-state index in [2.05, 4.69) is 14.9 Å². The molecule has 1 amide bonds. The van der Waals surface area contributed by atoms with Crippen molar-refractivity contribution in [2.45, 2.75) is 62.7 Å².